The first-order valence-corrected chi connectivity index (χ1v) is 10.2. The molecule has 0 heterocycles. The lowest BCUT2D eigenvalue weighted by Gasteiger charge is -2.11. The van der Waals surface area contributed by atoms with Crippen LogP contribution in [0.5, 0.6) is 0 Å². The predicted molar refractivity (Wildman–Crippen MR) is 113 cm³/mol. The number of carbonyl (C=O) groups excluding carboxylic acids is 2. The van der Waals surface area contributed by atoms with Gasteiger partial charge in [0, 0.05) is 4.90 Å². The van der Waals surface area contributed by atoms with Gasteiger partial charge in [0.15, 0.2) is 0 Å². The van der Waals surface area contributed by atoms with Crippen LogP contribution in [0.1, 0.15) is 11.1 Å². The molecule has 0 saturated carbocycles. The van der Waals surface area contributed by atoms with Gasteiger partial charge in [0.05, 0.1) is 12.3 Å². The average molecular weight is 411 g/mol. The number of benzene rings is 3. The highest BCUT2D eigenvalue weighted by Crippen LogP contribution is 2.30. The summed E-state index contributed by atoms with van der Waals surface area (Å²) in [5.74, 6) is -0.422. The molecule has 5 heteroatoms. The number of hydrogen-bond donors (Lipinski definition) is 0. The molecular formula is C23H19ClO3S. The molecule has 0 fully saturated rings. The second kappa shape index (κ2) is 10.1. The van der Waals surface area contributed by atoms with Gasteiger partial charge in [0.25, 0.3) is 0 Å². The Morgan fingerprint density at radius 3 is 2.21 bits per heavy atom. The van der Waals surface area contributed by atoms with Crippen molar-refractivity contribution in [1.29, 1.82) is 0 Å². The Kier molecular flexibility index (Phi) is 7.29. The van der Waals surface area contributed by atoms with E-state index in [0.717, 1.165) is 38.9 Å². The molecule has 3 nitrogen and oxygen atoms in total. The number of halogens is 1. The van der Waals surface area contributed by atoms with Crippen molar-refractivity contribution in [3.05, 3.63) is 90.0 Å². The SMILES string of the molecule is O=C(Cc1ccc(-c2ccccc2)cc1SC(=O)CCl)OCc1ccccc1. The van der Waals surface area contributed by atoms with Crippen molar-refractivity contribution in [2.24, 2.45) is 0 Å². The molecule has 0 aliphatic heterocycles. The highest BCUT2D eigenvalue weighted by atomic mass is 35.5. The first kappa shape index (κ1) is 20.2. The van der Waals surface area contributed by atoms with Crippen molar-refractivity contribution >= 4 is 34.4 Å². The highest BCUT2D eigenvalue weighted by molar-refractivity contribution is 8.13. The van der Waals surface area contributed by atoms with Gasteiger partial charge >= 0.3 is 5.97 Å². The van der Waals surface area contributed by atoms with E-state index in [9.17, 15) is 9.59 Å². The van der Waals surface area contributed by atoms with Crippen LogP contribution in [0.2, 0.25) is 0 Å². The molecule has 142 valence electrons. The van der Waals surface area contributed by atoms with E-state index in [1.54, 1.807) is 0 Å². The maximum atomic E-state index is 12.3. The van der Waals surface area contributed by atoms with Gasteiger partial charge in [-0.15, -0.1) is 11.6 Å². The summed E-state index contributed by atoms with van der Waals surface area (Å²) in [5, 5.41) is -0.161. The molecule has 3 aromatic rings. The number of carbonyl (C=O) groups is 2. The normalized spacial score (nSPS) is 10.5. The van der Waals surface area contributed by atoms with Gasteiger partial charge in [0.1, 0.15) is 6.61 Å². The van der Waals surface area contributed by atoms with Crippen LogP contribution >= 0.6 is 23.4 Å². The molecule has 0 atom stereocenters. The lowest BCUT2D eigenvalue weighted by atomic mass is 10.0. The zero-order valence-corrected chi connectivity index (χ0v) is 16.7. The van der Waals surface area contributed by atoms with E-state index in [-0.39, 0.29) is 30.0 Å². The molecule has 0 bridgehead atoms. The number of thioether (sulfide) groups is 1. The van der Waals surface area contributed by atoms with E-state index in [4.69, 9.17) is 16.3 Å². The largest absolute Gasteiger partial charge is 0.461 e. The summed E-state index contributed by atoms with van der Waals surface area (Å²) in [5.41, 5.74) is 3.70. The predicted octanol–water partition coefficient (Wildman–Crippen LogP) is 5.50. The van der Waals surface area contributed by atoms with Crippen molar-refractivity contribution in [1.82, 2.24) is 0 Å². The van der Waals surface area contributed by atoms with Gasteiger partial charge in [-0.1, -0.05) is 84.6 Å². The fraction of sp³-hybridized carbons (Fsp3) is 0.130. The van der Waals surface area contributed by atoms with Gasteiger partial charge < -0.3 is 4.74 Å². The third-order valence-corrected chi connectivity index (χ3v) is 5.46. The zero-order chi connectivity index (χ0) is 19.8. The second-order valence-electron chi connectivity index (χ2n) is 6.12. The Balaban J connectivity index is 1.76. The summed E-state index contributed by atoms with van der Waals surface area (Å²) >= 11 is 6.73. The first-order chi connectivity index (χ1) is 13.7. The van der Waals surface area contributed by atoms with Crippen molar-refractivity contribution in [2.75, 3.05) is 5.88 Å². The summed E-state index contributed by atoms with van der Waals surface area (Å²) in [6.45, 7) is 0.227. The monoisotopic (exact) mass is 410 g/mol. The van der Waals surface area contributed by atoms with Crippen LogP contribution in [0.3, 0.4) is 0 Å². The topological polar surface area (TPSA) is 43.4 Å². The minimum atomic E-state index is -0.337. The number of hydrogen-bond acceptors (Lipinski definition) is 4. The Hall–Kier alpha value is -2.56. The fourth-order valence-electron chi connectivity index (χ4n) is 2.70. The summed E-state index contributed by atoms with van der Waals surface area (Å²) in [6.07, 6.45) is 0.0970. The van der Waals surface area contributed by atoms with Crippen molar-refractivity contribution in [2.45, 2.75) is 17.9 Å². The molecule has 28 heavy (non-hydrogen) atoms. The maximum Gasteiger partial charge on any atom is 0.310 e. The van der Waals surface area contributed by atoms with E-state index in [1.807, 2.05) is 78.9 Å². The lowest BCUT2D eigenvalue weighted by Crippen LogP contribution is -2.09. The third kappa shape index (κ3) is 5.72. The summed E-state index contributed by atoms with van der Waals surface area (Å²) in [6, 6.07) is 25.1. The summed E-state index contributed by atoms with van der Waals surface area (Å²) in [4.78, 5) is 24.9. The number of rotatable bonds is 7. The van der Waals surface area contributed by atoms with Gasteiger partial charge in [0.2, 0.25) is 5.12 Å². The molecule has 0 N–H and O–H groups in total. The van der Waals surface area contributed by atoms with Crippen LogP contribution < -0.4 is 0 Å². The van der Waals surface area contributed by atoms with E-state index >= 15 is 0 Å². The minimum Gasteiger partial charge on any atom is -0.461 e. The maximum absolute atomic E-state index is 12.3. The van der Waals surface area contributed by atoms with Crippen LogP contribution in [0.4, 0.5) is 0 Å². The molecule has 3 aromatic carbocycles. The molecule has 0 amide bonds. The summed E-state index contributed by atoms with van der Waals surface area (Å²) < 4.78 is 5.37. The average Bonchev–Trinajstić information content (AvgIpc) is 2.74. The molecule has 0 aromatic heterocycles. The molecule has 0 aliphatic rings. The quantitative estimate of drug-likeness (QED) is 0.293. The molecule has 3 rings (SSSR count). The smallest absolute Gasteiger partial charge is 0.310 e. The molecular weight excluding hydrogens is 392 g/mol. The van der Waals surface area contributed by atoms with E-state index < -0.39 is 0 Å². The van der Waals surface area contributed by atoms with Crippen LogP contribution in [-0.2, 0) is 27.4 Å². The Morgan fingerprint density at radius 1 is 0.857 bits per heavy atom. The zero-order valence-electron chi connectivity index (χ0n) is 15.1. The third-order valence-electron chi connectivity index (χ3n) is 4.08. The molecule has 0 radical (unpaired) electrons. The Labute approximate surface area is 173 Å². The number of esters is 1. The standard InChI is InChI=1S/C23H19ClO3S/c24-15-23(26)28-21-13-19(18-9-5-2-6-10-18)11-12-20(21)14-22(25)27-16-17-7-3-1-4-8-17/h1-13H,14-16H2. The number of ether oxygens (including phenoxy) is 1. The minimum absolute atomic E-state index is 0.0852. The van der Waals surface area contributed by atoms with Gasteiger partial charge in [-0.3, -0.25) is 9.59 Å². The fourth-order valence-corrected chi connectivity index (χ4v) is 3.62. The molecule has 0 unspecified atom stereocenters. The second-order valence-corrected chi connectivity index (χ2v) is 7.49. The van der Waals surface area contributed by atoms with Crippen LogP contribution in [0, 0.1) is 0 Å². The van der Waals surface area contributed by atoms with Gasteiger partial charge in [-0.25, -0.2) is 0 Å². The van der Waals surface area contributed by atoms with Crippen molar-refractivity contribution in [3.8, 4) is 11.1 Å². The Morgan fingerprint density at radius 2 is 1.54 bits per heavy atom. The first-order valence-electron chi connectivity index (χ1n) is 8.80. The van der Waals surface area contributed by atoms with Crippen molar-refractivity contribution in [3.63, 3.8) is 0 Å². The van der Waals surface area contributed by atoms with Crippen LogP contribution in [0.25, 0.3) is 11.1 Å². The molecule has 0 aliphatic carbocycles. The highest BCUT2D eigenvalue weighted by Gasteiger charge is 2.14. The van der Waals surface area contributed by atoms with E-state index in [2.05, 4.69) is 0 Å². The molecule has 0 spiro atoms. The lowest BCUT2D eigenvalue weighted by molar-refractivity contribution is -0.144. The van der Waals surface area contributed by atoms with Crippen LogP contribution in [-0.4, -0.2) is 17.0 Å². The summed E-state index contributed by atoms with van der Waals surface area (Å²) in [7, 11) is 0. The van der Waals surface area contributed by atoms with E-state index in [1.165, 1.54) is 0 Å². The Bertz CT molecular complexity index is 943. The van der Waals surface area contributed by atoms with Gasteiger partial charge in [-0.2, -0.15) is 0 Å². The van der Waals surface area contributed by atoms with Crippen LogP contribution in [0.15, 0.2) is 83.8 Å². The molecule has 0 saturated heterocycles. The number of alkyl halides is 1. The van der Waals surface area contributed by atoms with E-state index in [0.29, 0.717) is 0 Å². The van der Waals surface area contributed by atoms with Crippen molar-refractivity contribution < 1.29 is 14.3 Å². The van der Waals surface area contributed by atoms with Gasteiger partial charge in [-0.05, 0) is 28.3 Å².